The summed E-state index contributed by atoms with van der Waals surface area (Å²) in [4.78, 5) is 28.7. The summed E-state index contributed by atoms with van der Waals surface area (Å²) >= 11 is 0. The van der Waals surface area contributed by atoms with Gasteiger partial charge in [0, 0.05) is 62.9 Å². The van der Waals surface area contributed by atoms with Crippen molar-refractivity contribution in [3.8, 4) is 11.3 Å². The first kappa shape index (κ1) is 25.9. The fourth-order valence-electron chi connectivity index (χ4n) is 4.65. The van der Waals surface area contributed by atoms with Crippen LogP contribution in [-0.4, -0.2) is 82.1 Å². The summed E-state index contributed by atoms with van der Waals surface area (Å²) < 4.78 is 42.0. The van der Waals surface area contributed by atoms with E-state index in [0.717, 1.165) is 11.1 Å². The van der Waals surface area contributed by atoms with Crippen LogP contribution in [0.5, 0.6) is 0 Å². The Hall–Kier alpha value is -3.77. The van der Waals surface area contributed by atoms with E-state index in [2.05, 4.69) is 30.9 Å². The molecule has 8 bridgehead atoms. The Bertz CT molecular complexity index is 1250. The van der Waals surface area contributed by atoms with E-state index >= 15 is 0 Å². The molecule has 5 aliphatic heterocycles. The maximum atomic E-state index is 14.0. The van der Waals surface area contributed by atoms with Crippen LogP contribution in [0.15, 0.2) is 54.9 Å². The molecule has 1 aromatic carbocycles. The molecule has 1 amide bonds. The van der Waals surface area contributed by atoms with Crippen LogP contribution < -0.4 is 16.0 Å². The highest BCUT2D eigenvalue weighted by Crippen LogP contribution is 2.30. The zero-order chi connectivity index (χ0) is 26.5. The minimum Gasteiger partial charge on any atom is -0.370 e. The van der Waals surface area contributed by atoms with Crippen LogP contribution in [0.3, 0.4) is 0 Å². The zero-order valence-corrected chi connectivity index (χ0v) is 20.7. The number of nitrogens with zero attached hydrogens (tertiary/aromatic N) is 5. The quantitative estimate of drug-likeness (QED) is 0.411. The first-order chi connectivity index (χ1) is 18.3. The van der Waals surface area contributed by atoms with E-state index in [-0.39, 0.29) is 32.1 Å². The number of aromatic nitrogens is 3. The third-order valence-electron chi connectivity index (χ3n) is 6.59. The number of carbonyl (C=O) groups is 1. The van der Waals surface area contributed by atoms with Crippen molar-refractivity contribution in [3.05, 3.63) is 60.4 Å². The number of carbonyl (C=O) groups excluding carboxylic acids is 1. The van der Waals surface area contributed by atoms with Crippen molar-refractivity contribution in [1.29, 1.82) is 0 Å². The fraction of sp³-hybridized carbons (Fsp3) is 0.385. The van der Waals surface area contributed by atoms with Crippen LogP contribution in [0.25, 0.3) is 11.3 Å². The van der Waals surface area contributed by atoms with Crippen molar-refractivity contribution in [2.75, 3.05) is 49.9 Å². The number of rotatable bonds is 0. The Labute approximate surface area is 218 Å². The van der Waals surface area contributed by atoms with Gasteiger partial charge in [0.15, 0.2) is 0 Å². The molecular formula is C26H29F3N8O. The lowest BCUT2D eigenvalue weighted by molar-refractivity contribution is -0.199. The van der Waals surface area contributed by atoms with E-state index in [0.29, 0.717) is 49.2 Å². The van der Waals surface area contributed by atoms with Gasteiger partial charge in [-0.15, -0.1) is 0 Å². The molecule has 0 aliphatic carbocycles. The van der Waals surface area contributed by atoms with Crippen molar-refractivity contribution in [2.45, 2.75) is 25.2 Å². The second-order valence-electron chi connectivity index (χ2n) is 9.42. The molecule has 1 fully saturated rings. The van der Waals surface area contributed by atoms with Gasteiger partial charge in [-0.2, -0.15) is 13.2 Å². The molecule has 0 radical (unpaired) electrons. The topological polar surface area (TPSA) is 98.3 Å². The summed E-state index contributed by atoms with van der Waals surface area (Å²) in [6, 6.07) is 11.1. The third kappa shape index (κ3) is 6.56. The van der Waals surface area contributed by atoms with Gasteiger partial charge in [-0.05, 0) is 42.3 Å². The molecular weight excluding hydrogens is 497 g/mol. The number of hydrogen-bond acceptors (Lipinski definition) is 8. The normalized spacial score (nSPS) is 22.7. The Kier molecular flexibility index (Phi) is 7.70. The largest absolute Gasteiger partial charge is 0.405 e. The van der Waals surface area contributed by atoms with Crippen LogP contribution in [0.2, 0.25) is 0 Å². The molecule has 3 N–H and O–H groups in total. The minimum atomic E-state index is -4.41. The van der Waals surface area contributed by atoms with Crippen LogP contribution >= 0.6 is 0 Å². The Balaban J connectivity index is 1.41. The van der Waals surface area contributed by atoms with Crippen LogP contribution in [0.4, 0.5) is 30.6 Å². The van der Waals surface area contributed by atoms with Crippen LogP contribution in [0.1, 0.15) is 12.0 Å². The van der Waals surface area contributed by atoms with Gasteiger partial charge in [0.05, 0.1) is 12.2 Å². The van der Waals surface area contributed by atoms with Gasteiger partial charge < -0.3 is 16.0 Å². The first-order valence-electron chi connectivity index (χ1n) is 12.5. The maximum absolute atomic E-state index is 14.0. The number of anilines is 3. The van der Waals surface area contributed by atoms with Crippen molar-refractivity contribution < 1.29 is 18.0 Å². The van der Waals surface area contributed by atoms with Crippen molar-refractivity contribution in [2.24, 2.45) is 0 Å². The molecule has 0 spiro atoms. The number of nitrogens with one attached hydrogen (secondary N) is 3. The lowest BCUT2D eigenvalue weighted by atomic mass is 10.1. The SMILES string of the molecule is O=C1CN2CCN(Cc3cccc(c3)Nc3nccc(n3)-c3ccc(nc3)NCCCN1)C(C(F)(F)F)C2. The number of piperazine rings is 1. The number of amides is 1. The Morgan fingerprint density at radius 2 is 1.84 bits per heavy atom. The zero-order valence-electron chi connectivity index (χ0n) is 20.7. The van der Waals surface area contributed by atoms with Crippen molar-refractivity contribution >= 4 is 23.4 Å². The van der Waals surface area contributed by atoms with E-state index in [1.165, 1.54) is 4.90 Å². The first-order valence-corrected chi connectivity index (χ1v) is 12.5. The third-order valence-corrected chi connectivity index (χ3v) is 6.59. The number of halogens is 3. The molecule has 3 aromatic rings. The summed E-state index contributed by atoms with van der Waals surface area (Å²) in [6.07, 6.45) is -0.401. The van der Waals surface area contributed by atoms with Crippen LogP contribution in [0, 0.1) is 0 Å². The summed E-state index contributed by atoms with van der Waals surface area (Å²) in [5.41, 5.74) is 2.91. The molecule has 5 aliphatic rings. The second kappa shape index (κ2) is 11.3. The number of benzene rings is 1. The van der Waals surface area contributed by atoms with Gasteiger partial charge >= 0.3 is 6.18 Å². The van der Waals surface area contributed by atoms with E-state index < -0.39 is 12.2 Å². The molecule has 38 heavy (non-hydrogen) atoms. The predicted molar refractivity (Wildman–Crippen MR) is 138 cm³/mol. The van der Waals surface area contributed by atoms with Gasteiger partial charge in [-0.3, -0.25) is 14.6 Å². The Morgan fingerprint density at radius 1 is 0.974 bits per heavy atom. The summed E-state index contributed by atoms with van der Waals surface area (Å²) in [5.74, 6) is 0.792. The second-order valence-corrected chi connectivity index (χ2v) is 9.42. The number of hydrogen-bond donors (Lipinski definition) is 3. The average molecular weight is 527 g/mol. The minimum absolute atomic E-state index is 0.0608. The van der Waals surface area contributed by atoms with Crippen LogP contribution in [-0.2, 0) is 11.3 Å². The summed E-state index contributed by atoms with van der Waals surface area (Å²) in [6.45, 7) is 1.40. The summed E-state index contributed by atoms with van der Waals surface area (Å²) in [5, 5.41) is 9.17. The van der Waals surface area contributed by atoms with Gasteiger partial charge in [-0.1, -0.05) is 12.1 Å². The van der Waals surface area contributed by atoms with Gasteiger partial charge in [-0.25, -0.2) is 15.0 Å². The highest BCUT2D eigenvalue weighted by Gasteiger charge is 2.46. The molecule has 2 aromatic heterocycles. The lowest BCUT2D eigenvalue weighted by Crippen LogP contribution is -2.59. The maximum Gasteiger partial charge on any atom is 0.405 e. The molecule has 0 saturated carbocycles. The molecule has 3 atom stereocenters. The molecule has 1 saturated heterocycles. The van der Waals surface area contributed by atoms with Crippen molar-refractivity contribution in [3.63, 3.8) is 0 Å². The molecule has 200 valence electrons. The summed E-state index contributed by atoms with van der Waals surface area (Å²) in [7, 11) is 0. The standard InChI is InChI=1S/C26H29F3N8O/c27-26(28,29)22-16-36-11-12-37(22)15-18-3-1-4-20(13-18)34-25-32-10-7-21(35-25)19-5-6-23(33-14-19)30-8-2-9-31-24(38)17-36/h1,3-7,10,13-14,22H,2,8-9,11-12,15-17H2,(H,30,33)(H,31,38)(H,32,34,35). The Morgan fingerprint density at radius 3 is 2.66 bits per heavy atom. The number of pyridine rings is 1. The lowest BCUT2D eigenvalue weighted by Gasteiger charge is -2.41. The molecule has 12 heteroatoms. The molecule has 9 nitrogen and oxygen atoms in total. The molecule has 3 unspecified atom stereocenters. The van der Waals surface area contributed by atoms with E-state index in [1.54, 1.807) is 41.6 Å². The van der Waals surface area contributed by atoms with E-state index in [1.807, 2.05) is 18.2 Å². The van der Waals surface area contributed by atoms with E-state index in [4.69, 9.17) is 0 Å². The smallest absolute Gasteiger partial charge is 0.370 e. The molecule has 8 rings (SSSR count). The van der Waals surface area contributed by atoms with Gasteiger partial charge in [0.25, 0.3) is 0 Å². The predicted octanol–water partition coefficient (Wildman–Crippen LogP) is 3.26. The van der Waals surface area contributed by atoms with Gasteiger partial charge in [0.2, 0.25) is 11.9 Å². The molecule has 7 heterocycles. The van der Waals surface area contributed by atoms with Crippen molar-refractivity contribution in [1.82, 2.24) is 30.1 Å². The highest BCUT2D eigenvalue weighted by atomic mass is 19.4. The number of alkyl halides is 3. The van der Waals surface area contributed by atoms with Gasteiger partial charge in [0.1, 0.15) is 11.9 Å². The average Bonchev–Trinajstić information content (AvgIpc) is 2.89. The monoisotopic (exact) mass is 526 g/mol. The van der Waals surface area contributed by atoms with E-state index in [9.17, 15) is 18.0 Å². The highest BCUT2D eigenvalue weighted by molar-refractivity contribution is 5.78. The fourth-order valence-corrected chi connectivity index (χ4v) is 4.65.